The predicted molar refractivity (Wildman–Crippen MR) is 63.6 cm³/mol. The van der Waals surface area contributed by atoms with Gasteiger partial charge in [-0.25, -0.2) is 0 Å². The monoisotopic (exact) mass is 215 g/mol. The fourth-order valence-corrected chi connectivity index (χ4v) is 1.06. The van der Waals surface area contributed by atoms with Crippen LogP contribution in [-0.2, 0) is 4.79 Å². The molecule has 0 fully saturated rings. The summed E-state index contributed by atoms with van der Waals surface area (Å²) in [5, 5.41) is 2.87. The van der Waals surface area contributed by atoms with Crippen LogP contribution in [0.15, 0.2) is 0 Å². The summed E-state index contributed by atoms with van der Waals surface area (Å²) in [6.45, 7) is 6.75. The molecule has 90 valence electrons. The lowest BCUT2D eigenvalue weighted by Crippen LogP contribution is -2.48. The second kappa shape index (κ2) is 6.80. The Labute approximate surface area is 93.2 Å². The molecule has 0 heterocycles. The minimum atomic E-state index is -0.385. The standard InChI is InChI=1S/C11H25N3O/c1-6-8(2)10(12)11(15)13-7-9(3)14(4)5/h8-10H,6-7,12H2,1-5H3,(H,13,15). The van der Waals surface area contributed by atoms with E-state index in [1.54, 1.807) is 0 Å². The molecule has 0 aromatic heterocycles. The number of amides is 1. The molecular weight excluding hydrogens is 190 g/mol. The molecular formula is C11H25N3O. The highest BCUT2D eigenvalue weighted by Crippen LogP contribution is 2.04. The molecule has 0 bridgehead atoms. The van der Waals surface area contributed by atoms with Crippen molar-refractivity contribution in [2.24, 2.45) is 11.7 Å². The van der Waals surface area contributed by atoms with Gasteiger partial charge in [0.1, 0.15) is 0 Å². The number of carbonyl (C=O) groups excluding carboxylic acids is 1. The van der Waals surface area contributed by atoms with Crippen LogP contribution in [0.2, 0.25) is 0 Å². The number of nitrogens with zero attached hydrogens (tertiary/aromatic N) is 1. The molecule has 0 rings (SSSR count). The van der Waals surface area contributed by atoms with Gasteiger partial charge in [-0.05, 0) is 26.9 Å². The highest BCUT2D eigenvalue weighted by Gasteiger charge is 2.19. The van der Waals surface area contributed by atoms with Crippen LogP contribution < -0.4 is 11.1 Å². The Hall–Kier alpha value is -0.610. The quantitative estimate of drug-likeness (QED) is 0.675. The minimum Gasteiger partial charge on any atom is -0.353 e. The van der Waals surface area contributed by atoms with Crippen molar-refractivity contribution in [1.29, 1.82) is 0 Å². The average Bonchev–Trinajstić information content (AvgIpc) is 2.22. The van der Waals surface area contributed by atoms with E-state index in [1.807, 2.05) is 27.9 Å². The van der Waals surface area contributed by atoms with Crippen molar-refractivity contribution in [2.75, 3.05) is 20.6 Å². The summed E-state index contributed by atoms with van der Waals surface area (Å²) in [5.74, 6) is 0.192. The van der Waals surface area contributed by atoms with Crippen LogP contribution in [0, 0.1) is 5.92 Å². The fourth-order valence-electron chi connectivity index (χ4n) is 1.06. The van der Waals surface area contributed by atoms with E-state index in [4.69, 9.17) is 5.73 Å². The number of carbonyl (C=O) groups is 1. The van der Waals surface area contributed by atoms with E-state index in [0.717, 1.165) is 6.42 Å². The van der Waals surface area contributed by atoms with E-state index >= 15 is 0 Å². The lowest BCUT2D eigenvalue weighted by atomic mass is 9.99. The van der Waals surface area contributed by atoms with Gasteiger partial charge in [0.2, 0.25) is 5.91 Å². The molecule has 4 nitrogen and oxygen atoms in total. The molecule has 0 saturated heterocycles. The van der Waals surface area contributed by atoms with Crippen molar-refractivity contribution in [3.63, 3.8) is 0 Å². The van der Waals surface area contributed by atoms with Gasteiger partial charge in [-0.3, -0.25) is 4.79 Å². The summed E-state index contributed by atoms with van der Waals surface area (Å²) in [6, 6.07) is -0.0533. The third kappa shape index (κ3) is 5.14. The number of hydrogen-bond acceptors (Lipinski definition) is 3. The molecule has 0 aromatic rings. The predicted octanol–water partition coefficient (Wildman–Crippen LogP) is 0.426. The van der Waals surface area contributed by atoms with Crippen molar-refractivity contribution in [2.45, 2.75) is 39.3 Å². The average molecular weight is 215 g/mol. The Morgan fingerprint density at radius 1 is 1.40 bits per heavy atom. The maximum absolute atomic E-state index is 11.6. The Kier molecular flexibility index (Phi) is 6.52. The Balaban J connectivity index is 3.93. The van der Waals surface area contributed by atoms with Gasteiger partial charge < -0.3 is 16.0 Å². The van der Waals surface area contributed by atoms with E-state index in [9.17, 15) is 4.79 Å². The zero-order valence-corrected chi connectivity index (χ0v) is 10.6. The largest absolute Gasteiger partial charge is 0.353 e. The topological polar surface area (TPSA) is 58.4 Å². The van der Waals surface area contributed by atoms with E-state index in [1.165, 1.54) is 0 Å². The summed E-state index contributed by atoms with van der Waals surface area (Å²) >= 11 is 0. The van der Waals surface area contributed by atoms with E-state index in [-0.39, 0.29) is 17.9 Å². The summed E-state index contributed by atoms with van der Waals surface area (Å²) < 4.78 is 0. The SMILES string of the molecule is CCC(C)C(N)C(=O)NCC(C)N(C)C. The smallest absolute Gasteiger partial charge is 0.237 e. The molecule has 0 aliphatic heterocycles. The minimum absolute atomic E-state index is 0.0435. The first kappa shape index (κ1) is 14.4. The van der Waals surface area contributed by atoms with Crippen molar-refractivity contribution >= 4 is 5.91 Å². The Morgan fingerprint density at radius 3 is 2.33 bits per heavy atom. The zero-order chi connectivity index (χ0) is 12.0. The Bertz CT molecular complexity index is 194. The highest BCUT2D eigenvalue weighted by molar-refractivity contribution is 5.81. The van der Waals surface area contributed by atoms with Gasteiger partial charge in [-0.2, -0.15) is 0 Å². The third-order valence-electron chi connectivity index (χ3n) is 3.01. The van der Waals surface area contributed by atoms with Crippen LogP contribution in [0.5, 0.6) is 0 Å². The summed E-state index contributed by atoms with van der Waals surface area (Å²) in [5.41, 5.74) is 5.81. The van der Waals surface area contributed by atoms with Gasteiger partial charge in [-0.1, -0.05) is 20.3 Å². The second-order valence-corrected chi connectivity index (χ2v) is 4.47. The molecule has 1 amide bonds. The van der Waals surface area contributed by atoms with Crippen LogP contribution in [0.3, 0.4) is 0 Å². The molecule has 3 N–H and O–H groups in total. The van der Waals surface area contributed by atoms with Gasteiger partial charge in [0.15, 0.2) is 0 Å². The van der Waals surface area contributed by atoms with Gasteiger partial charge in [0, 0.05) is 12.6 Å². The fraction of sp³-hybridized carbons (Fsp3) is 0.909. The lowest BCUT2D eigenvalue weighted by molar-refractivity contribution is -0.123. The normalized spacial score (nSPS) is 17.3. The van der Waals surface area contributed by atoms with Crippen molar-refractivity contribution < 1.29 is 4.79 Å². The van der Waals surface area contributed by atoms with Crippen molar-refractivity contribution in [3.05, 3.63) is 0 Å². The lowest BCUT2D eigenvalue weighted by Gasteiger charge is -2.22. The number of nitrogens with one attached hydrogen (secondary N) is 1. The van der Waals surface area contributed by atoms with E-state index < -0.39 is 0 Å². The molecule has 3 atom stereocenters. The molecule has 4 heteroatoms. The summed E-state index contributed by atoms with van der Waals surface area (Å²) in [4.78, 5) is 13.7. The second-order valence-electron chi connectivity index (χ2n) is 4.47. The number of rotatable bonds is 6. The molecule has 0 saturated carbocycles. The number of hydrogen-bond donors (Lipinski definition) is 2. The first-order chi connectivity index (χ1) is 6.90. The van der Waals surface area contributed by atoms with E-state index in [0.29, 0.717) is 12.6 Å². The maximum atomic E-state index is 11.6. The van der Waals surface area contributed by atoms with Gasteiger partial charge >= 0.3 is 0 Å². The molecule has 0 aliphatic carbocycles. The van der Waals surface area contributed by atoms with Crippen LogP contribution in [-0.4, -0.2) is 43.5 Å². The molecule has 3 unspecified atom stereocenters. The molecule has 0 aliphatic rings. The van der Waals surface area contributed by atoms with Crippen molar-refractivity contribution in [1.82, 2.24) is 10.2 Å². The van der Waals surface area contributed by atoms with Crippen LogP contribution in [0.4, 0.5) is 0 Å². The molecule has 0 radical (unpaired) electrons. The van der Waals surface area contributed by atoms with Crippen LogP contribution in [0.25, 0.3) is 0 Å². The van der Waals surface area contributed by atoms with Gasteiger partial charge in [-0.15, -0.1) is 0 Å². The number of likely N-dealkylation sites (N-methyl/N-ethyl adjacent to an activating group) is 1. The first-order valence-corrected chi connectivity index (χ1v) is 5.59. The van der Waals surface area contributed by atoms with Crippen LogP contribution >= 0.6 is 0 Å². The zero-order valence-electron chi connectivity index (χ0n) is 10.6. The van der Waals surface area contributed by atoms with Crippen LogP contribution in [0.1, 0.15) is 27.2 Å². The van der Waals surface area contributed by atoms with Gasteiger partial charge in [0.25, 0.3) is 0 Å². The summed E-state index contributed by atoms with van der Waals surface area (Å²) in [7, 11) is 3.98. The third-order valence-corrected chi connectivity index (χ3v) is 3.01. The highest BCUT2D eigenvalue weighted by atomic mass is 16.2. The van der Waals surface area contributed by atoms with Crippen molar-refractivity contribution in [3.8, 4) is 0 Å². The van der Waals surface area contributed by atoms with Gasteiger partial charge in [0.05, 0.1) is 6.04 Å². The summed E-state index contributed by atoms with van der Waals surface area (Å²) in [6.07, 6.45) is 0.928. The molecule has 0 aromatic carbocycles. The Morgan fingerprint density at radius 2 is 1.93 bits per heavy atom. The number of nitrogens with two attached hydrogens (primary N) is 1. The molecule has 0 spiro atoms. The molecule has 15 heavy (non-hydrogen) atoms. The first-order valence-electron chi connectivity index (χ1n) is 5.59. The van der Waals surface area contributed by atoms with E-state index in [2.05, 4.69) is 17.1 Å². The maximum Gasteiger partial charge on any atom is 0.237 e.